The second-order valence-electron chi connectivity index (χ2n) is 8.98. The van der Waals surface area contributed by atoms with Crippen LogP contribution in [-0.2, 0) is 14.4 Å². The number of carbonyl (C=O) groups excluding carboxylic acids is 5. The van der Waals surface area contributed by atoms with E-state index in [1.807, 2.05) is 20.8 Å². The van der Waals surface area contributed by atoms with E-state index in [1.165, 1.54) is 0 Å². The molecule has 0 saturated carbocycles. The van der Waals surface area contributed by atoms with E-state index in [9.17, 15) is 24.0 Å². The third-order valence-corrected chi connectivity index (χ3v) is 5.14. The predicted molar refractivity (Wildman–Crippen MR) is 110 cm³/mol. The van der Waals surface area contributed by atoms with Crippen molar-refractivity contribution in [1.82, 2.24) is 10.2 Å². The minimum atomic E-state index is -0.988. The molecule has 0 aromatic heterocycles. The lowest BCUT2D eigenvalue weighted by atomic mass is 9.89. The highest BCUT2D eigenvalue weighted by molar-refractivity contribution is 6.25. The lowest BCUT2D eigenvalue weighted by Gasteiger charge is -2.27. The first-order valence-electron chi connectivity index (χ1n) is 10.2. The summed E-state index contributed by atoms with van der Waals surface area (Å²) in [6.07, 6.45) is 1.76. The van der Waals surface area contributed by atoms with Crippen molar-refractivity contribution >= 4 is 35.1 Å². The number of hydrogen-bond donors (Lipinski definition) is 2. The van der Waals surface area contributed by atoms with E-state index in [-0.39, 0.29) is 35.2 Å². The minimum Gasteiger partial charge on any atom is -0.384 e. The molecule has 2 aliphatic heterocycles. The van der Waals surface area contributed by atoms with Crippen molar-refractivity contribution in [3.63, 3.8) is 0 Å². The Morgan fingerprint density at radius 2 is 1.90 bits per heavy atom. The highest BCUT2D eigenvalue weighted by atomic mass is 16.2. The van der Waals surface area contributed by atoms with Crippen LogP contribution >= 0.6 is 0 Å². The molecule has 0 bridgehead atoms. The van der Waals surface area contributed by atoms with Crippen LogP contribution < -0.4 is 10.6 Å². The fourth-order valence-corrected chi connectivity index (χ4v) is 3.85. The molecule has 8 heteroatoms. The number of piperidine rings is 1. The van der Waals surface area contributed by atoms with Gasteiger partial charge in [0.2, 0.25) is 11.8 Å². The van der Waals surface area contributed by atoms with Crippen LogP contribution in [0.2, 0.25) is 0 Å². The van der Waals surface area contributed by atoms with E-state index < -0.39 is 29.7 Å². The van der Waals surface area contributed by atoms with E-state index in [1.54, 1.807) is 18.2 Å². The number of imide groups is 2. The molecule has 1 saturated heterocycles. The van der Waals surface area contributed by atoms with Crippen molar-refractivity contribution < 1.29 is 24.0 Å². The van der Waals surface area contributed by atoms with Crippen molar-refractivity contribution in [3.05, 3.63) is 29.3 Å². The first kappa shape index (κ1) is 21.7. The maximum Gasteiger partial charge on any atom is 0.264 e. The summed E-state index contributed by atoms with van der Waals surface area (Å²) < 4.78 is 0. The Bertz CT molecular complexity index is 916. The number of anilines is 1. The standard InChI is InChI=1S/C22H27N3O5/c1-22(2,3)12-13(26)6-5-11-23-15-8-4-7-14-18(15)21(30)25(20(14)29)16-9-10-17(27)24-19(16)28/h4,7-8,16,23H,5-6,9-12H2,1-3H3,(H,24,27,28). The normalized spacial score (nSPS) is 19.0. The summed E-state index contributed by atoms with van der Waals surface area (Å²) in [5.41, 5.74) is 0.924. The minimum absolute atomic E-state index is 0.0446. The summed E-state index contributed by atoms with van der Waals surface area (Å²) in [5.74, 6) is -1.92. The number of rotatable bonds is 7. The molecule has 2 aliphatic rings. The molecular formula is C22H27N3O5. The van der Waals surface area contributed by atoms with Gasteiger partial charge in [-0.2, -0.15) is 0 Å². The van der Waals surface area contributed by atoms with E-state index in [0.29, 0.717) is 31.5 Å². The van der Waals surface area contributed by atoms with Gasteiger partial charge in [-0.25, -0.2) is 0 Å². The van der Waals surface area contributed by atoms with E-state index in [0.717, 1.165) is 4.90 Å². The van der Waals surface area contributed by atoms with E-state index >= 15 is 0 Å². The number of nitrogens with zero attached hydrogens (tertiary/aromatic N) is 1. The molecule has 4 amide bonds. The maximum absolute atomic E-state index is 13.0. The molecular weight excluding hydrogens is 386 g/mol. The summed E-state index contributed by atoms with van der Waals surface area (Å²) in [4.78, 5) is 62.3. The molecule has 2 heterocycles. The number of hydrogen-bond acceptors (Lipinski definition) is 6. The Hall–Kier alpha value is -3.03. The largest absolute Gasteiger partial charge is 0.384 e. The third kappa shape index (κ3) is 4.58. The van der Waals surface area contributed by atoms with Gasteiger partial charge in [0.15, 0.2) is 0 Å². The second-order valence-corrected chi connectivity index (χ2v) is 8.98. The molecule has 1 unspecified atom stereocenters. The van der Waals surface area contributed by atoms with Crippen molar-refractivity contribution in [2.24, 2.45) is 5.41 Å². The molecule has 160 valence electrons. The van der Waals surface area contributed by atoms with Gasteiger partial charge < -0.3 is 5.32 Å². The number of ketones is 1. The Balaban J connectivity index is 1.67. The monoisotopic (exact) mass is 413 g/mol. The number of nitrogens with one attached hydrogen (secondary N) is 2. The lowest BCUT2D eigenvalue weighted by molar-refractivity contribution is -0.136. The van der Waals surface area contributed by atoms with Gasteiger partial charge >= 0.3 is 0 Å². The highest BCUT2D eigenvalue weighted by Gasteiger charge is 2.45. The van der Waals surface area contributed by atoms with Crippen LogP contribution in [0.4, 0.5) is 5.69 Å². The summed E-state index contributed by atoms with van der Waals surface area (Å²) >= 11 is 0. The van der Waals surface area contributed by atoms with Gasteiger partial charge in [-0.15, -0.1) is 0 Å². The third-order valence-electron chi connectivity index (χ3n) is 5.14. The molecule has 1 atom stereocenters. The van der Waals surface area contributed by atoms with Gasteiger partial charge in [0, 0.05) is 31.5 Å². The first-order valence-corrected chi connectivity index (χ1v) is 10.2. The highest BCUT2D eigenvalue weighted by Crippen LogP contribution is 2.32. The van der Waals surface area contributed by atoms with Gasteiger partial charge in [0.05, 0.1) is 11.1 Å². The SMILES string of the molecule is CC(C)(C)CC(=O)CCCNc1cccc2c1C(=O)N(C1CCC(=O)NC1=O)C2=O. The van der Waals surface area contributed by atoms with Gasteiger partial charge in [0.1, 0.15) is 11.8 Å². The van der Waals surface area contributed by atoms with Crippen molar-refractivity contribution in [1.29, 1.82) is 0 Å². The average molecular weight is 413 g/mol. The first-order chi connectivity index (χ1) is 14.1. The van der Waals surface area contributed by atoms with Crippen molar-refractivity contribution in [2.45, 2.75) is 58.9 Å². The number of carbonyl (C=O) groups is 5. The number of Topliss-reactive ketones (excluding diaryl/α,β-unsaturated/α-hetero) is 1. The average Bonchev–Trinajstić information content (AvgIpc) is 2.89. The summed E-state index contributed by atoms with van der Waals surface area (Å²) in [6, 6.07) is 3.94. The summed E-state index contributed by atoms with van der Waals surface area (Å²) in [7, 11) is 0. The molecule has 3 rings (SSSR count). The quantitative estimate of drug-likeness (QED) is 0.524. The molecule has 8 nitrogen and oxygen atoms in total. The Morgan fingerprint density at radius 1 is 1.17 bits per heavy atom. The molecule has 0 aliphatic carbocycles. The zero-order valence-corrected chi connectivity index (χ0v) is 17.5. The Labute approximate surface area is 175 Å². The molecule has 0 radical (unpaired) electrons. The fourth-order valence-electron chi connectivity index (χ4n) is 3.85. The number of fused-ring (bicyclic) bond motifs is 1. The molecule has 2 N–H and O–H groups in total. The lowest BCUT2D eigenvalue weighted by Crippen LogP contribution is -2.54. The maximum atomic E-state index is 13.0. The molecule has 1 aromatic rings. The van der Waals surface area contributed by atoms with Crippen LogP contribution in [0.1, 0.15) is 73.6 Å². The molecule has 30 heavy (non-hydrogen) atoms. The molecule has 1 fully saturated rings. The fraction of sp³-hybridized carbons (Fsp3) is 0.500. The zero-order valence-electron chi connectivity index (χ0n) is 17.5. The van der Waals surface area contributed by atoms with Crippen LogP contribution in [-0.4, -0.2) is 46.9 Å². The van der Waals surface area contributed by atoms with Gasteiger partial charge in [-0.3, -0.25) is 34.2 Å². The van der Waals surface area contributed by atoms with Crippen LogP contribution in [0, 0.1) is 5.41 Å². The Kier molecular flexibility index (Phi) is 6.05. The van der Waals surface area contributed by atoms with Crippen LogP contribution in [0.15, 0.2) is 18.2 Å². The van der Waals surface area contributed by atoms with E-state index in [4.69, 9.17) is 0 Å². The smallest absolute Gasteiger partial charge is 0.264 e. The van der Waals surface area contributed by atoms with Crippen LogP contribution in [0.5, 0.6) is 0 Å². The van der Waals surface area contributed by atoms with Crippen LogP contribution in [0.25, 0.3) is 0 Å². The van der Waals surface area contributed by atoms with Crippen LogP contribution in [0.3, 0.4) is 0 Å². The number of amides is 4. The van der Waals surface area contributed by atoms with E-state index in [2.05, 4.69) is 10.6 Å². The predicted octanol–water partition coefficient (Wildman–Crippen LogP) is 2.29. The van der Waals surface area contributed by atoms with Gasteiger partial charge in [-0.1, -0.05) is 26.8 Å². The Morgan fingerprint density at radius 3 is 2.57 bits per heavy atom. The molecule has 0 spiro atoms. The second kappa shape index (κ2) is 8.38. The van der Waals surface area contributed by atoms with Gasteiger partial charge in [-0.05, 0) is 30.4 Å². The topological polar surface area (TPSA) is 113 Å². The van der Waals surface area contributed by atoms with Gasteiger partial charge in [0.25, 0.3) is 11.8 Å². The zero-order chi connectivity index (χ0) is 22.1. The summed E-state index contributed by atoms with van der Waals surface area (Å²) in [5, 5.41) is 5.34. The number of benzene rings is 1. The van der Waals surface area contributed by atoms with Crippen molar-refractivity contribution in [3.8, 4) is 0 Å². The summed E-state index contributed by atoms with van der Waals surface area (Å²) in [6.45, 7) is 6.54. The van der Waals surface area contributed by atoms with Crippen molar-refractivity contribution in [2.75, 3.05) is 11.9 Å². The molecule has 1 aromatic carbocycles.